The Bertz CT molecular complexity index is 956. The van der Waals surface area contributed by atoms with E-state index in [9.17, 15) is 14.4 Å². The van der Waals surface area contributed by atoms with Gasteiger partial charge in [0.1, 0.15) is 0 Å². The Kier molecular flexibility index (Phi) is 6.56. The van der Waals surface area contributed by atoms with Crippen molar-refractivity contribution in [3.63, 3.8) is 0 Å². The van der Waals surface area contributed by atoms with Gasteiger partial charge in [0.2, 0.25) is 0 Å². The molecule has 2 amide bonds. The molecule has 8 heteroatoms. The number of Topliss-reactive ketones (excluding diaryl/α,β-unsaturated/α-hetero) is 1. The van der Waals surface area contributed by atoms with Crippen LogP contribution in [0.1, 0.15) is 40.3 Å². The van der Waals surface area contributed by atoms with Crippen LogP contribution in [0, 0.1) is 0 Å². The number of rotatable bonds is 5. The van der Waals surface area contributed by atoms with E-state index in [2.05, 4.69) is 15.5 Å². The average molecular weight is 407 g/mol. The van der Waals surface area contributed by atoms with E-state index in [1.54, 1.807) is 43.1 Å². The van der Waals surface area contributed by atoms with Crippen molar-refractivity contribution in [3.05, 3.63) is 65.5 Å². The number of carbonyl (C=O) groups excluding carboxylic acids is 3. The highest BCUT2D eigenvalue weighted by Gasteiger charge is 2.33. The maximum Gasteiger partial charge on any atom is 0.295 e. The first-order valence-corrected chi connectivity index (χ1v) is 9.79. The molecule has 3 rings (SSSR count). The van der Waals surface area contributed by atoms with Crippen LogP contribution < -0.4 is 5.43 Å². The number of hydrogen-bond acceptors (Lipinski definition) is 6. The van der Waals surface area contributed by atoms with E-state index in [-0.39, 0.29) is 17.5 Å². The Hall–Kier alpha value is -3.55. The van der Waals surface area contributed by atoms with Gasteiger partial charge in [-0.25, -0.2) is 0 Å². The van der Waals surface area contributed by atoms with Crippen LogP contribution in [0.25, 0.3) is 0 Å². The minimum atomic E-state index is -0.605. The summed E-state index contributed by atoms with van der Waals surface area (Å²) in [5.74, 6) is -1.25. The van der Waals surface area contributed by atoms with E-state index >= 15 is 0 Å². The molecular weight excluding hydrogens is 382 g/mol. The summed E-state index contributed by atoms with van der Waals surface area (Å²) >= 11 is 0. The first-order chi connectivity index (χ1) is 14.4. The normalized spacial score (nSPS) is 16.9. The highest BCUT2D eigenvalue weighted by molar-refractivity contribution is 6.42. The molecule has 1 aromatic carbocycles. The number of piperazine rings is 1. The van der Waals surface area contributed by atoms with Gasteiger partial charge in [-0.2, -0.15) is 5.10 Å². The van der Waals surface area contributed by atoms with Crippen LogP contribution in [-0.4, -0.2) is 70.8 Å². The Labute approximate surface area is 175 Å². The Morgan fingerprint density at radius 1 is 1.07 bits per heavy atom. The van der Waals surface area contributed by atoms with E-state index in [0.717, 1.165) is 0 Å². The number of hydrazone groups is 1. The van der Waals surface area contributed by atoms with Gasteiger partial charge < -0.3 is 15.2 Å². The molecule has 2 aromatic rings. The zero-order valence-electron chi connectivity index (χ0n) is 17.3. The summed E-state index contributed by atoms with van der Waals surface area (Å²) in [4.78, 5) is 45.6. The van der Waals surface area contributed by atoms with E-state index < -0.39 is 11.7 Å². The summed E-state index contributed by atoms with van der Waals surface area (Å²) in [7, 11) is 1.69. The number of carbonyl (C=O) groups is 3. The monoisotopic (exact) mass is 407 g/mol. The van der Waals surface area contributed by atoms with Crippen LogP contribution in [0.2, 0.25) is 0 Å². The van der Waals surface area contributed by atoms with Crippen molar-refractivity contribution >= 4 is 23.3 Å². The highest BCUT2D eigenvalue weighted by Crippen LogP contribution is 2.15. The lowest BCUT2D eigenvalue weighted by Gasteiger charge is -2.39. The molecular formula is C22H25N5O3. The van der Waals surface area contributed by atoms with Crippen molar-refractivity contribution in [1.82, 2.24) is 20.2 Å². The zero-order valence-corrected chi connectivity index (χ0v) is 17.3. The number of aromatic nitrogens is 1. The van der Waals surface area contributed by atoms with Crippen molar-refractivity contribution in [2.45, 2.75) is 19.9 Å². The standard InChI is InChI=1S/C22H25N5O3/c1-15-14-26(21(29)17-7-5-4-6-8-17)11-12-27(15)22(30)20(28)18-9-10-19(24-13-18)16(2)25-23-3/h4-10,13,15,23H,11-12,14H2,1-3H3/b25-16+. The van der Waals surface area contributed by atoms with E-state index in [1.165, 1.54) is 11.1 Å². The fourth-order valence-electron chi connectivity index (χ4n) is 3.43. The number of benzene rings is 1. The van der Waals surface area contributed by atoms with Crippen molar-refractivity contribution in [1.29, 1.82) is 0 Å². The minimum absolute atomic E-state index is 0.0701. The summed E-state index contributed by atoms with van der Waals surface area (Å²) < 4.78 is 0. The molecule has 8 nitrogen and oxygen atoms in total. The third-order valence-corrected chi connectivity index (χ3v) is 5.07. The van der Waals surface area contributed by atoms with Crippen molar-refractivity contribution in [2.75, 3.05) is 26.7 Å². The number of hydrogen-bond donors (Lipinski definition) is 1. The van der Waals surface area contributed by atoms with E-state index in [1.807, 2.05) is 25.1 Å². The fraction of sp³-hybridized carbons (Fsp3) is 0.318. The number of nitrogens with zero attached hydrogens (tertiary/aromatic N) is 4. The van der Waals surface area contributed by atoms with Crippen molar-refractivity contribution in [2.24, 2.45) is 5.10 Å². The van der Waals surface area contributed by atoms with Gasteiger partial charge in [0, 0.05) is 50.0 Å². The first kappa shape index (κ1) is 21.2. The van der Waals surface area contributed by atoms with Gasteiger partial charge >= 0.3 is 0 Å². The van der Waals surface area contributed by atoms with Crippen molar-refractivity contribution in [3.8, 4) is 0 Å². The van der Waals surface area contributed by atoms with Crippen molar-refractivity contribution < 1.29 is 14.4 Å². The molecule has 30 heavy (non-hydrogen) atoms. The molecule has 0 radical (unpaired) electrons. The molecule has 1 unspecified atom stereocenters. The fourth-order valence-corrected chi connectivity index (χ4v) is 3.43. The summed E-state index contributed by atoms with van der Waals surface area (Å²) in [6, 6.07) is 12.0. The van der Waals surface area contributed by atoms with Crippen LogP contribution >= 0.6 is 0 Å². The third kappa shape index (κ3) is 4.53. The van der Waals surface area contributed by atoms with Gasteiger partial charge in [0.25, 0.3) is 17.6 Å². The van der Waals surface area contributed by atoms with Gasteiger partial charge in [-0.05, 0) is 38.1 Å². The summed E-state index contributed by atoms with van der Waals surface area (Å²) in [5, 5.41) is 4.04. The van der Waals surface area contributed by atoms with Gasteiger partial charge in [-0.1, -0.05) is 18.2 Å². The first-order valence-electron chi connectivity index (χ1n) is 9.79. The lowest BCUT2D eigenvalue weighted by Crippen LogP contribution is -2.56. The summed E-state index contributed by atoms with van der Waals surface area (Å²) in [6.07, 6.45) is 1.39. The predicted octanol–water partition coefficient (Wildman–Crippen LogP) is 1.58. The van der Waals surface area contributed by atoms with Gasteiger partial charge in [0.15, 0.2) is 0 Å². The smallest absolute Gasteiger partial charge is 0.295 e. The molecule has 1 saturated heterocycles. The Morgan fingerprint density at radius 3 is 2.40 bits per heavy atom. The van der Waals surface area contributed by atoms with Crippen LogP contribution in [0.5, 0.6) is 0 Å². The molecule has 1 aliphatic heterocycles. The summed E-state index contributed by atoms with van der Waals surface area (Å²) in [5.41, 5.74) is 4.83. The maximum atomic E-state index is 12.8. The maximum absolute atomic E-state index is 12.8. The number of ketones is 1. The third-order valence-electron chi connectivity index (χ3n) is 5.07. The van der Waals surface area contributed by atoms with Gasteiger partial charge in [0.05, 0.1) is 11.4 Å². The summed E-state index contributed by atoms with van der Waals surface area (Å²) in [6.45, 7) is 4.71. The van der Waals surface area contributed by atoms with Crippen LogP contribution in [-0.2, 0) is 4.79 Å². The quantitative estimate of drug-likeness (QED) is 0.351. The molecule has 1 atom stereocenters. The molecule has 0 spiro atoms. The van der Waals surface area contributed by atoms with Crippen LogP contribution in [0.3, 0.4) is 0 Å². The molecule has 2 heterocycles. The van der Waals surface area contributed by atoms with Crippen LogP contribution in [0.4, 0.5) is 0 Å². The molecule has 0 aliphatic carbocycles. The molecule has 0 saturated carbocycles. The number of pyridine rings is 1. The molecule has 0 bridgehead atoms. The Morgan fingerprint density at radius 2 is 1.80 bits per heavy atom. The number of amides is 2. The van der Waals surface area contributed by atoms with E-state index in [0.29, 0.717) is 36.6 Å². The second kappa shape index (κ2) is 9.30. The number of nitrogens with one attached hydrogen (secondary N) is 1. The van der Waals surface area contributed by atoms with E-state index in [4.69, 9.17) is 0 Å². The van der Waals surface area contributed by atoms with Gasteiger partial charge in [-0.3, -0.25) is 19.4 Å². The molecule has 1 fully saturated rings. The second-order valence-corrected chi connectivity index (χ2v) is 7.15. The van der Waals surface area contributed by atoms with Gasteiger partial charge in [-0.15, -0.1) is 0 Å². The highest BCUT2D eigenvalue weighted by atomic mass is 16.2. The topological polar surface area (TPSA) is 95.0 Å². The zero-order chi connectivity index (χ0) is 21.7. The average Bonchev–Trinajstić information content (AvgIpc) is 2.78. The van der Waals surface area contributed by atoms with Crippen LogP contribution in [0.15, 0.2) is 53.8 Å². The molecule has 156 valence electrons. The molecule has 1 aliphatic rings. The lowest BCUT2D eigenvalue weighted by atomic mass is 10.1. The lowest BCUT2D eigenvalue weighted by molar-refractivity contribution is -0.130. The Balaban J connectivity index is 1.65. The predicted molar refractivity (Wildman–Crippen MR) is 113 cm³/mol. The molecule has 1 N–H and O–H groups in total. The molecule has 1 aromatic heterocycles. The second-order valence-electron chi connectivity index (χ2n) is 7.15. The SMILES string of the molecule is CN/N=C(\C)c1ccc(C(=O)C(=O)N2CCN(C(=O)c3ccccc3)CC2C)cn1. The minimum Gasteiger partial charge on any atom is -0.335 e. The largest absolute Gasteiger partial charge is 0.335 e.